The molecule has 0 saturated carbocycles. The van der Waals surface area contributed by atoms with Crippen LogP contribution in [0.15, 0.2) is 46.0 Å². The molecule has 0 aliphatic carbocycles. The first-order valence-electron chi connectivity index (χ1n) is 11.9. The van der Waals surface area contributed by atoms with E-state index in [1.807, 2.05) is 30.0 Å². The van der Waals surface area contributed by atoms with Gasteiger partial charge in [-0.3, -0.25) is 14.9 Å². The van der Waals surface area contributed by atoms with E-state index < -0.39 is 0 Å². The first-order chi connectivity index (χ1) is 17.4. The number of aliphatic imine (C=N–C) groups is 1. The summed E-state index contributed by atoms with van der Waals surface area (Å²) in [5.74, 6) is 1.34. The number of amides is 1. The van der Waals surface area contributed by atoms with Crippen molar-refractivity contribution in [2.24, 2.45) is 10.7 Å². The van der Waals surface area contributed by atoms with Crippen molar-refractivity contribution in [3.8, 4) is 19.0 Å². The molecule has 2 aliphatic rings. The van der Waals surface area contributed by atoms with Gasteiger partial charge in [0.25, 0.3) is 0 Å². The molecule has 1 aromatic heterocycles. The van der Waals surface area contributed by atoms with E-state index in [1.54, 1.807) is 12.3 Å². The Labute approximate surface area is 212 Å². The van der Waals surface area contributed by atoms with Gasteiger partial charge in [0.05, 0.1) is 12.2 Å². The van der Waals surface area contributed by atoms with Crippen molar-refractivity contribution >= 4 is 34.3 Å². The molecule has 2 fully saturated rings. The molecule has 1 aromatic carbocycles. The number of aryl methyl sites for hydroxylation is 1. The van der Waals surface area contributed by atoms with Crippen molar-refractivity contribution in [1.29, 1.82) is 5.26 Å². The van der Waals surface area contributed by atoms with E-state index in [9.17, 15) is 9.59 Å². The largest absolute Gasteiger partial charge is 0.461 e. The summed E-state index contributed by atoms with van der Waals surface area (Å²) in [4.78, 5) is 31.3. The lowest BCUT2D eigenvalue weighted by atomic mass is 10.1. The Hall–Kier alpha value is -4.24. The number of fused-ring (bicyclic) bond motifs is 1. The average Bonchev–Trinajstić information content (AvgIpc) is 3.12. The number of likely N-dealkylation sites (tertiary alicyclic amines) is 2. The number of benzene rings is 1. The number of furan rings is 1. The van der Waals surface area contributed by atoms with Crippen molar-refractivity contribution in [1.82, 2.24) is 15.1 Å². The average molecular weight is 491 g/mol. The lowest BCUT2D eigenvalue weighted by molar-refractivity contribution is -0.135. The Morgan fingerprint density at radius 3 is 2.61 bits per heavy atom. The summed E-state index contributed by atoms with van der Waals surface area (Å²) in [5.41, 5.74) is 8.03. The fourth-order valence-electron chi connectivity index (χ4n) is 4.04. The number of nitrogens with zero attached hydrogens (tertiary/aromatic N) is 4. The number of guanidine groups is 1. The normalized spacial score (nSPS) is 16.1. The molecule has 2 saturated heterocycles. The number of allylic oxidation sites excluding steroid dienone is 1. The molecule has 3 heterocycles. The summed E-state index contributed by atoms with van der Waals surface area (Å²) in [5, 5.41) is 11.6. The number of nitrogens with two attached hydrogens (primary N) is 1. The number of ketones is 1. The first kappa shape index (κ1) is 28.0. The number of hydrogen-bond donors (Lipinski definition) is 2. The Bertz CT molecular complexity index is 1150. The summed E-state index contributed by atoms with van der Waals surface area (Å²) in [6.07, 6.45) is 15.3. The maximum absolute atomic E-state index is 12.2. The van der Waals surface area contributed by atoms with Crippen molar-refractivity contribution < 1.29 is 14.0 Å². The van der Waals surface area contributed by atoms with E-state index in [4.69, 9.17) is 15.4 Å². The van der Waals surface area contributed by atoms with Gasteiger partial charge in [0.2, 0.25) is 11.9 Å². The molecule has 0 atom stereocenters. The van der Waals surface area contributed by atoms with Crippen molar-refractivity contribution in [2.75, 3.05) is 26.2 Å². The van der Waals surface area contributed by atoms with Crippen molar-refractivity contribution in [3.63, 3.8) is 0 Å². The summed E-state index contributed by atoms with van der Waals surface area (Å²) in [6, 6.07) is 7.36. The summed E-state index contributed by atoms with van der Waals surface area (Å²) >= 11 is 0. The predicted octanol–water partition coefficient (Wildman–Crippen LogP) is 3.58. The molecule has 0 unspecified atom stereocenters. The van der Waals surface area contributed by atoms with E-state index in [1.165, 1.54) is 12.8 Å². The minimum absolute atomic E-state index is 0.0714. The van der Waals surface area contributed by atoms with Crippen LogP contribution in [0.5, 0.6) is 0 Å². The lowest BCUT2D eigenvalue weighted by Crippen LogP contribution is -2.44. The third kappa shape index (κ3) is 8.52. The monoisotopic (exact) mass is 490 g/mol. The number of nitriles is 1. The predicted molar refractivity (Wildman–Crippen MR) is 141 cm³/mol. The molecule has 2 aromatic rings. The molecule has 9 heteroatoms. The minimum Gasteiger partial charge on any atom is -0.461 e. The Balaban J connectivity index is 0.000000239. The van der Waals surface area contributed by atoms with Crippen LogP contribution in [0.25, 0.3) is 11.0 Å². The van der Waals surface area contributed by atoms with Gasteiger partial charge in [-0.05, 0) is 50.5 Å². The molecule has 4 rings (SSSR count). The highest BCUT2D eigenvalue weighted by Gasteiger charge is 2.23. The lowest BCUT2D eigenvalue weighted by Gasteiger charge is -2.30. The number of rotatable bonds is 3. The van der Waals surface area contributed by atoms with Gasteiger partial charge in [-0.25, -0.2) is 4.99 Å². The molecule has 36 heavy (non-hydrogen) atoms. The third-order valence-corrected chi connectivity index (χ3v) is 5.90. The molecule has 0 bridgehead atoms. The molecule has 0 radical (unpaired) electrons. The van der Waals surface area contributed by atoms with Crippen LogP contribution in [-0.4, -0.2) is 53.6 Å². The van der Waals surface area contributed by atoms with Crippen LogP contribution in [0.1, 0.15) is 44.3 Å². The summed E-state index contributed by atoms with van der Waals surface area (Å²) in [7, 11) is 0. The quantitative estimate of drug-likeness (QED) is 0.221. The van der Waals surface area contributed by atoms with Crippen LogP contribution >= 0.6 is 0 Å². The molecule has 9 nitrogen and oxygen atoms in total. The van der Waals surface area contributed by atoms with E-state index in [-0.39, 0.29) is 17.6 Å². The van der Waals surface area contributed by atoms with Gasteiger partial charge in [0, 0.05) is 43.6 Å². The zero-order chi connectivity index (χ0) is 26.5. The highest BCUT2D eigenvalue weighted by Crippen LogP contribution is 2.24. The minimum atomic E-state index is 0.0714. The fourth-order valence-corrected chi connectivity index (χ4v) is 4.04. The van der Waals surface area contributed by atoms with Gasteiger partial charge in [-0.2, -0.15) is 5.26 Å². The zero-order valence-electron chi connectivity index (χ0n) is 20.8. The van der Waals surface area contributed by atoms with E-state index in [0.717, 1.165) is 41.8 Å². The molecular formula is C27H34N6O3. The number of carbonyl (C=O) groups is 2. The van der Waals surface area contributed by atoms with Gasteiger partial charge < -0.3 is 20.0 Å². The van der Waals surface area contributed by atoms with Crippen LogP contribution in [-0.2, 0) is 9.59 Å². The second-order valence-electron chi connectivity index (χ2n) is 8.53. The van der Waals surface area contributed by atoms with Gasteiger partial charge >= 0.3 is 0 Å². The van der Waals surface area contributed by atoms with Crippen LogP contribution in [0.4, 0.5) is 5.69 Å². The highest BCUT2D eigenvalue weighted by atomic mass is 16.3. The van der Waals surface area contributed by atoms with Crippen LogP contribution in [0, 0.1) is 31.2 Å². The van der Waals surface area contributed by atoms with Crippen LogP contribution < -0.4 is 11.1 Å². The molecule has 190 valence electrons. The molecule has 1 amide bonds. The van der Waals surface area contributed by atoms with Gasteiger partial charge in [-0.15, -0.1) is 12.8 Å². The molecule has 3 N–H and O–H groups in total. The number of Topliss-reactive ketones (excluding diaryl/α,β-unsaturated/α-hetero) is 1. The van der Waals surface area contributed by atoms with Gasteiger partial charge in [0.1, 0.15) is 17.1 Å². The van der Waals surface area contributed by atoms with Gasteiger partial charge in [0.15, 0.2) is 6.19 Å². The van der Waals surface area contributed by atoms with Gasteiger partial charge in [-0.1, -0.05) is 13.0 Å². The second-order valence-corrected chi connectivity index (χ2v) is 8.53. The van der Waals surface area contributed by atoms with Crippen molar-refractivity contribution in [2.45, 2.75) is 45.4 Å². The number of hydrogen-bond acceptors (Lipinski definition) is 6. The fraction of sp³-hybridized carbons (Fsp3) is 0.407. The number of nitrogens with one attached hydrogen (secondary N) is 1. The highest BCUT2D eigenvalue weighted by molar-refractivity contribution is 5.86. The number of carbonyl (C=O) groups excluding carboxylic acids is 2. The Morgan fingerprint density at radius 2 is 1.92 bits per heavy atom. The van der Waals surface area contributed by atoms with Crippen LogP contribution in [0.3, 0.4) is 0 Å². The zero-order valence-corrected chi connectivity index (χ0v) is 20.8. The number of piperidine rings is 1. The molecule has 0 spiro atoms. The summed E-state index contributed by atoms with van der Waals surface area (Å²) in [6.45, 7) is 8.52. The maximum Gasteiger partial charge on any atom is 0.242 e. The van der Waals surface area contributed by atoms with Crippen LogP contribution in [0.2, 0.25) is 0 Å². The Kier molecular flexibility index (Phi) is 11.1. The third-order valence-electron chi connectivity index (χ3n) is 5.90. The topological polar surface area (TPSA) is 128 Å². The van der Waals surface area contributed by atoms with E-state index in [0.29, 0.717) is 38.2 Å². The standard InChI is InChI=1S/C14H22N2O2.C11H10N4O.C2H2/c1-12-5-3-2-4-8-16(12)11-14(18)15-9-6-13(17)7-10-15;1-7-4-8-5-9(2-3-10(8)16-7)15-11(13)14-6-12;1-2/h1-11H2;2-5H,1H3,(H3,13,14,15);1-2H. The Morgan fingerprint density at radius 1 is 1.19 bits per heavy atom. The summed E-state index contributed by atoms with van der Waals surface area (Å²) < 4.78 is 5.43. The van der Waals surface area contributed by atoms with Crippen molar-refractivity contribution in [3.05, 3.63) is 42.3 Å². The number of terminal acetylenes is 1. The van der Waals surface area contributed by atoms with E-state index >= 15 is 0 Å². The SMILES string of the molecule is C#C.C=C1CCCCCN1CC(=O)N1CCC(=O)CC1.Cc1cc2cc(N=C(N)NC#N)ccc2o1. The smallest absolute Gasteiger partial charge is 0.242 e. The van der Waals surface area contributed by atoms with E-state index in [2.05, 4.69) is 34.6 Å². The molecule has 2 aliphatic heterocycles. The maximum atomic E-state index is 12.2. The first-order valence-corrected chi connectivity index (χ1v) is 11.9. The molecular weight excluding hydrogens is 456 g/mol. The second kappa shape index (κ2) is 14.2.